The van der Waals surface area contributed by atoms with Gasteiger partial charge in [0.05, 0.1) is 11.0 Å². The first-order valence-corrected chi connectivity index (χ1v) is 6.80. The molecule has 0 N–H and O–H groups in total. The number of halogens is 1. The van der Waals surface area contributed by atoms with E-state index in [1.165, 1.54) is 31.2 Å². The number of fused-ring (bicyclic) bond motifs is 1. The van der Waals surface area contributed by atoms with Gasteiger partial charge in [-0.05, 0) is 18.6 Å². The van der Waals surface area contributed by atoms with Gasteiger partial charge in [0.25, 0.3) is 0 Å². The fourth-order valence-corrected chi connectivity index (χ4v) is 2.31. The van der Waals surface area contributed by atoms with E-state index in [0.29, 0.717) is 6.61 Å². The first-order chi connectivity index (χ1) is 8.86. The molecule has 0 amide bonds. The number of aromatic nitrogens is 2. The maximum atomic E-state index is 5.24. The van der Waals surface area contributed by atoms with Crippen LogP contribution in [0.3, 0.4) is 0 Å². The summed E-state index contributed by atoms with van der Waals surface area (Å²) in [5.74, 6) is 1.04. The average Bonchev–Trinajstić information content (AvgIpc) is 2.73. The Hall–Kier alpha value is -1.06. The number of unbranched alkanes of at least 4 members (excludes halogenated alkanes) is 3. The summed E-state index contributed by atoms with van der Waals surface area (Å²) >= 11 is 0. The van der Waals surface area contributed by atoms with Gasteiger partial charge in [-0.15, -0.1) is 12.4 Å². The molecule has 4 heteroatoms. The number of hydrogen-bond donors (Lipinski definition) is 0. The summed E-state index contributed by atoms with van der Waals surface area (Å²) in [5, 5.41) is 0. The Morgan fingerprint density at radius 3 is 2.68 bits per heavy atom. The van der Waals surface area contributed by atoms with Crippen LogP contribution < -0.4 is 0 Å². The highest BCUT2D eigenvalue weighted by atomic mass is 35.5. The predicted octanol–water partition coefficient (Wildman–Crippen LogP) is 4.18. The molecule has 0 spiro atoms. The predicted molar refractivity (Wildman–Crippen MR) is 81.8 cm³/mol. The van der Waals surface area contributed by atoms with Crippen LogP contribution in [-0.4, -0.2) is 16.7 Å². The van der Waals surface area contributed by atoms with E-state index in [4.69, 9.17) is 4.74 Å². The van der Waals surface area contributed by atoms with Crippen molar-refractivity contribution >= 4 is 23.4 Å². The molecule has 19 heavy (non-hydrogen) atoms. The van der Waals surface area contributed by atoms with E-state index in [0.717, 1.165) is 17.9 Å². The summed E-state index contributed by atoms with van der Waals surface area (Å²) in [6.45, 7) is 3.87. The SMILES string of the molecule is CCCCCCn1c(COC)nc2ccccc21.Cl. The molecule has 0 atom stereocenters. The van der Waals surface area contributed by atoms with Crippen LogP contribution in [0.5, 0.6) is 0 Å². The van der Waals surface area contributed by atoms with E-state index in [-0.39, 0.29) is 12.4 Å². The van der Waals surface area contributed by atoms with Gasteiger partial charge in [0.15, 0.2) is 0 Å². The van der Waals surface area contributed by atoms with Gasteiger partial charge in [-0.3, -0.25) is 0 Å². The molecule has 106 valence electrons. The third-order valence-electron chi connectivity index (χ3n) is 3.24. The van der Waals surface area contributed by atoms with Crippen molar-refractivity contribution in [3.63, 3.8) is 0 Å². The minimum Gasteiger partial charge on any atom is -0.377 e. The Morgan fingerprint density at radius 2 is 1.95 bits per heavy atom. The quantitative estimate of drug-likeness (QED) is 0.712. The molecule has 0 radical (unpaired) electrons. The number of hydrogen-bond acceptors (Lipinski definition) is 2. The van der Waals surface area contributed by atoms with E-state index in [2.05, 4.69) is 34.7 Å². The molecule has 0 saturated heterocycles. The number of rotatable bonds is 7. The van der Waals surface area contributed by atoms with Crippen molar-refractivity contribution in [3.8, 4) is 0 Å². The molecule has 0 bridgehead atoms. The van der Waals surface area contributed by atoms with Crippen LogP contribution in [-0.2, 0) is 17.9 Å². The molecule has 2 aromatic rings. The standard InChI is InChI=1S/C15H22N2O.ClH/c1-3-4-5-8-11-17-14-10-7-6-9-13(14)16-15(17)12-18-2;/h6-7,9-10H,3-5,8,11-12H2,1-2H3;1H. The minimum absolute atomic E-state index is 0. The summed E-state index contributed by atoms with van der Waals surface area (Å²) in [4.78, 5) is 4.64. The Kier molecular flexibility index (Phi) is 6.89. The molecule has 0 aliphatic carbocycles. The van der Waals surface area contributed by atoms with Crippen LogP contribution in [0.1, 0.15) is 38.4 Å². The lowest BCUT2D eigenvalue weighted by molar-refractivity contribution is 0.174. The summed E-state index contributed by atoms with van der Waals surface area (Å²) in [6, 6.07) is 8.31. The number of nitrogens with zero attached hydrogens (tertiary/aromatic N) is 2. The van der Waals surface area contributed by atoms with Crippen LogP contribution in [0.2, 0.25) is 0 Å². The fourth-order valence-electron chi connectivity index (χ4n) is 2.31. The van der Waals surface area contributed by atoms with E-state index < -0.39 is 0 Å². The second-order valence-corrected chi connectivity index (χ2v) is 4.66. The van der Waals surface area contributed by atoms with Gasteiger partial charge in [0.1, 0.15) is 12.4 Å². The maximum absolute atomic E-state index is 5.24. The van der Waals surface area contributed by atoms with Crippen molar-refractivity contribution in [2.24, 2.45) is 0 Å². The van der Waals surface area contributed by atoms with Gasteiger partial charge in [-0.25, -0.2) is 4.98 Å². The number of ether oxygens (including phenoxy) is 1. The van der Waals surface area contributed by atoms with Crippen LogP contribution in [0.25, 0.3) is 11.0 Å². The highest BCUT2D eigenvalue weighted by Gasteiger charge is 2.09. The maximum Gasteiger partial charge on any atom is 0.135 e. The topological polar surface area (TPSA) is 27.1 Å². The van der Waals surface area contributed by atoms with Gasteiger partial charge in [-0.2, -0.15) is 0 Å². The van der Waals surface area contributed by atoms with Crippen molar-refractivity contribution in [3.05, 3.63) is 30.1 Å². The summed E-state index contributed by atoms with van der Waals surface area (Å²) in [6.07, 6.45) is 5.09. The number of para-hydroxylation sites is 2. The highest BCUT2D eigenvalue weighted by Crippen LogP contribution is 2.17. The zero-order chi connectivity index (χ0) is 12.8. The second-order valence-electron chi connectivity index (χ2n) is 4.66. The van der Waals surface area contributed by atoms with Gasteiger partial charge in [-0.1, -0.05) is 38.3 Å². The van der Waals surface area contributed by atoms with Crippen molar-refractivity contribution in [2.45, 2.75) is 45.8 Å². The van der Waals surface area contributed by atoms with Gasteiger partial charge >= 0.3 is 0 Å². The smallest absolute Gasteiger partial charge is 0.135 e. The van der Waals surface area contributed by atoms with E-state index in [9.17, 15) is 0 Å². The van der Waals surface area contributed by atoms with Crippen molar-refractivity contribution in [1.82, 2.24) is 9.55 Å². The second kappa shape index (κ2) is 8.18. The molecule has 0 aliphatic heterocycles. The molecule has 2 rings (SSSR count). The van der Waals surface area contributed by atoms with Crippen LogP contribution in [0.15, 0.2) is 24.3 Å². The number of benzene rings is 1. The van der Waals surface area contributed by atoms with Crippen LogP contribution >= 0.6 is 12.4 Å². The van der Waals surface area contributed by atoms with Gasteiger partial charge in [0, 0.05) is 13.7 Å². The number of imidazole rings is 1. The van der Waals surface area contributed by atoms with Gasteiger partial charge < -0.3 is 9.30 Å². The third-order valence-corrected chi connectivity index (χ3v) is 3.24. The van der Waals surface area contributed by atoms with Crippen molar-refractivity contribution in [2.75, 3.05) is 7.11 Å². The van der Waals surface area contributed by atoms with Crippen LogP contribution in [0, 0.1) is 0 Å². The van der Waals surface area contributed by atoms with E-state index >= 15 is 0 Å². The average molecular weight is 283 g/mol. The molecule has 1 heterocycles. The molecule has 0 unspecified atom stereocenters. The van der Waals surface area contributed by atoms with Crippen LogP contribution in [0.4, 0.5) is 0 Å². The Bertz CT molecular complexity index is 496. The lowest BCUT2D eigenvalue weighted by Gasteiger charge is -2.08. The fraction of sp³-hybridized carbons (Fsp3) is 0.533. The largest absolute Gasteiger partial charge is 0.377 e. The normalized spacial score (nSPS) is 10.6. The first kappa shape index (κ1) is 16.0. The molecule has 3 nitrogen and oxygen atoms in total. The Morgan fingerprint density at radius 1 is 1.16 bits per heavy atom. The zero-order valence-corrected chi connectivity index (χ0v) is 12.6. The Labute approximate surface area is 121 Å². The van der Waals surface area contributed by atoms with E-state index in [1.807, 2.05) is 6.07 Å². The molecule has 0 fully saturated rings. The molecule has 1 aromatic heterocycles. The number of methoxy groups -OCH3 is 1. The monoisotopic (exact) mass is 282 g/mol. The molecule has 0 saturated carbocycles. The van der Waals surface area contributed by atoms with Gasteiger partial charge in [0.2, 0.25) is 0 Å². The summed E-state index contributed by atoms with van der Waals surface area (Å²) in [5.41, 5.74) is 2.29. The lowest BCUT2D eigenvalue weighted by Crippen LogP contribution is -2.05. The summed E-state index contributed by atoms with van der Waals surface area (Å²) in [7, 11) is 1.72. The molecular weight excluding hydrogens is 260 g/mol. The van der Waals surface area contributed by atoms with E-state index in [1.54, 1.807) is 7.11 Å². The zero-order valence-electron chi connectivity index (χ0n) is 11.8. The summed E-state index contributed by atoms with van der Waals surface area (Å²) < 4.78 is 7.54. The lowest BCUT2D eigenvalue weighted by atomic mass is 10.2. The molecular formula is C15H23ClN2O. The Balaban J connectivity index is 0.00000180. The first-order valence-electron chi connectivity index (χ1n) is 6.80. The van der Waals surface area contributed by atoms with Crippen molar-refractivity contribution < 1.29 is 4.74 Å². The third kappa shape index (κ3) is 3.95. The number of aryl methyl sites for hydroxylation is 1. The minimum atomic E-state index is 0. The van der Waals surface area contributed by atoms with Crippen molar-refractivity contribution in [1.29, 1.82) is 0 Å². The highest BCUT2D eigenvalue weighted by molar-refractivity contribution is 5.85. The molecule has 0 aliphatic rings. The molecule has 1 aromatic carbocycles.